The first-order valence-electron chi connectivity index (χ1n) is 9.61. The zero-order chi connectivity index (χ0) is 21.5. The number of primary amides is 1. The first kappa shape index (κ1) is 23.9. The van der Waals surface area contributed by atoms with Gasteiger partial charge in [0.25, 0.3) is 0 Å². The molecule has 9 nitrogen and oxygen atoms in total. The molecule has 1 atom stereocenters. The number of nitrogens with two attached hydrogens (primary N) is 1. The number of carbonyl (C=O) groups is 4. The average Bonchev–Trinajstić information content (AvgIpc) is 2.69. The molecule has 0 bridgehead atoms. The molecule has 1 aromatic rings. The van der Waals surface area contributed by atoms with Crippen LogP contribution in [0.15, 0.2) is 30.3 Å². The molecule has 160 valence electrons. The number of esters is 1. The molecule has 0 unspecified atom stereocenters. The van der Waals surface area contributed by atoms with Crippen molar-refractivity contribution < 1.29 is 28.7 Å². The predicted octanol–water partition coefficient (Wildman–Crippen LogP) is 1.40. The molecule has 0 saturated heterocycles. The summed E-state index contributed by atoms with van der Waals surface area (Å²) in [4.78, 5) is 46.3. The van der Waals surface area contributed by atoms with Crippen molar-refractivity contribution in [3.8, 4) is 0 Å². The van der Waals surface area contributed by atoms with Crippen LogP contribution in [0.4, 0.5) is 4.79 Å². The second-order valence-electron chi connectivity index (χ2n) is 6.33. The Morgan fingerprint density at radius 3 is 2.41 bits per heavy atom. The molecule has 0 radical (unpaired) electrons. The van der Waals surface area contributed by atoms with Crippen molar-refractivity contribution >= 4 is 23.9 Å². The van der Waals surface area contributed by atoms with Crippen LogP contribution in [0.2, 0.25) is 0 Å². The minimum absolute atomic E-state index is 0.186. The highest BCUT2D eigenvalue weighted by molar-refractivity contribution is 5.89. The Hall–Kier alpha value is -3.10. The maximum atomic E-state index is 11.9. The minimum Gasteiger partial charge on any atom is -0.466 e. The minimum atomic E-state index is -1.08. The van der Waals surface area contributed by atoms with Crippen LogP contribution in [-0.4, -0.2) is 43.1 Å². The summed E-state index contributed by atoms with van der Waals surface area (Å²) < 4.78 is 9.84. The summed E-state index contributed by atoms with van der Waals surface area (Å²) in [6.07, 6.45) is 1.35. The number of carbonyl (C=O) groups excluding carboxylic acids is 4. The highest BCUT2D eigenvalue weighted by atomic mass is 16.5. The van der Waals surface area contributed by atoms with Gasteiger partial charge in [0, 0.05) is 13.0 Å². The second kappa shape index (κ2) is 14.0. The van der Waals surface area contributed by atoms with Crippen LogP contribution in [0, 0.1) is 0 Å². The van der Waals surface area contributed by atoms with Crippen molar-refractivity contribution in [2.75, 3.05) is 13.2 Å². The van der Waals surface area contributed by atoms with Crippen LogP contribution in [0.1, 0.15) is 44.6 Å². The highest BCUT2D eigenvalue weighted by Crippen LogP contribution is 2.03. The summed E-state index contributed by atoms with van der Waals surface area (Å²) in [6.45, 7) is 2.47. The Balaban J connectivity index is 2.12. The van der Waals surface area contributed by atoms with Crippen LogP contribution in [-0.2, 0) is 30.5 Å². The third kappa shape index (κ3) is 11.4. The molecule has 0 aromatic heterocycles. The monoisotopic (exact) mass is 407 g/mol. The van der Waals surface area contributed by atoms with Gasteiger partial charge in [-0.15, -0.1) is 0 Å². The molecule has 1 aromatic carbocycles. The van der Waals surface area contributed by atoms with E-state index < -0.39 is 24.0 Å². The quantitative estimate of drug-likeness (QED) is 0.334. The normalized spacial score (nSPS) is 11.2. The smallest absolute Gasteiger partial charge is 0.407 e. The van der Waals surface area contributed by atoms with Crippen LogP contribution in [0.3, 0.4) is 0 Å². The van der Waals surface area contributed by atoms with Gasteiger partial charge in [-0.1, -0.05) is 36.8 Å². The largest absolute Gasteiger partial charge is 0.466 e. The molecule has 29 heavy (non-hydrogen) atoms. The lowest BCUT2D eigenvalue weighted by Crippen LogP contribution is -2.45. The topological polar surface area (TPSA) is 137 Å². The zero-order valence-corrected chi connectivity index (χ0v) is 16.6. The summed E-state index contributed by atoms with van der Waals surface area (Å²) >= 11 is 0. The van der Waals surface area contributed by atoms with Gasteiger partial charge in [0.15, 0.2) is 0 Å². The molecule has 0 fully saturated rings. The van der Waals surface area contributed by atoms with E-state index in [4.69, 9.17) is 15.2 Å². The van der Waals surface area contributed by atoms with E-state index in [0.29, 0.717) is 25.8 Å². The number of ether oxygens (including phenoxy) is 2. The van der Waals surface area contributed by atoms with Gasteiger partial charge in [0.2, 0.25) is 11.8 Å². The summed E-state index contributed by atoms with van der Waals surface area (Å²) in [7, 11) is 0. The van der Waals surface area contributed by atoms with Crippen LogP contribution in [0.25, 0.3) is 0 Å². The molecule has 1 rings (SSSR count). The van der Waals surface area contributed by atoms with Crippen molar-refractivity contribution in [3.05, 3.63) is 35.9 Å². The Kier molecular flexibility index (Phi) is 11.5. The van der Waals surface area contributed by atoms with Gasteiger partial charge >= 0.3 is 12.1 Å². The molecular formula is C20H29N3O6. The van der Waals surface area contributed by atoms with Crippen LogP contribution >= 0.6 is 0 Å². The van der Waals surface area contributed by atoms with E-state index in [1.54, 1.807) is 6.92 Å². The highest BCUT2D eigenvalue weighted by Gasteiger charge is 2.22. The van der Waals surface area contributed by atoms with Crippen molar-refractivity contribution in [2.45, 2.75) is 51.7 Å². The van der Waals surface area contributed by atoms with Gasteiger partial charge in [-0.2, -0.15) is 0 Å². The van der Waals surface area contributed by atoms with E-state index >= 15 is 0 Å². The SMILES string of the molecule is CCOC(=O)C[C@H](NC(=O)CCCCCNC(=O)OCc1ccccc1)C(N)=O. The molecule has 0 spiro atoms. The van der Waals surface area contributed by atoms with Crippen molar-refractivity contribution in [3.63, 3.8) is 0 Å². The van der Waals surface area contributed by atoms with Crippen molar-refractivity contribution in [2.24, 2.45) is 5.73 Å². The van der Waals surface area contributed by atoms with E-state index in [9.17, 15) is 19.2 Å². The molecule has 0 saturated carbocycles. The number of rotatable bonds is 13. The number of unbranched alkanes of at least 4 members (excludes halogenated alkanes) is 2. The van der Waals surface area contributed by atoms with Gasteiger partial charge in [0.1, 0.15) is 12.6 Å². The molecule has 0 aliphatic carbocycles. The van der Waals surface area contributed by atoms with Crippen LogP contribution < -0.4 is 16.4 Å². The molecule has 0 heterocycles. The van der Waals surface area contributed by atoms with Crippen LogP contribution in [0.5, 0.6) is 0 Å². The van der Waals surface area contributed by atoms with Gasteiger partial charge in [-0.3, -0.25) is 14.4 Å². The molecule has 9 heteroatoms. The number of amides is 3. The summed E-state index contributed by atoms with van der Waals surface area (Å²) in [5.41, 5.74) is 6.11. The maximum absolute atomic E-state index is 11.9. The molecular weight excluding hydrogens is 378 g/mol. The number of alkyl carbamates (subject to hydrolysis) is 1. The summed E-state index contributed by atoms with van der Waals surface area (Å²) in [5.74, 6) is -1.75. The number of benzene rings is 1. The molecule has 0 aliphatic heterocycles. The zero-order valence-electron chi connectivity index (χ0n) is 16.6. The number of nitrogens with one attached hydrogen (secondary N) is 2. The van der Waals surface area contributed by atoms with E-state index in [0.717, 1.165) is 5.56 Å². The first-order chi connectivity index (χ1) is 13.9. The lowest BCUT2D eigenvalue weighted by Gasteiger charge is -2.14. The van der Waals surface area contributed by atoms with Gasteiger partial charge in [0.05, 0.1) is 13.0 Å². The molecule has 3 amide bonds. The Labute approximate surface area is 170 Å². The number of hydrogen-bond acceptors (Lipinski definition) is 6. The Morgan fingerprint density at radius 1 is 1.03 bits per heavy atom. The standard InChI is InChI=1S/C20H29N3O6/c1-2-28-18(25)13-16(19(21)26)23-17(24)11-7-4-8-12-22-20(27)29-14-15-9-5-3-6-10-15/h3,5-6,9-10,16H,2,4,7-8,11-14H2,1H3,(H2,21,26)(H,22,27)(H,23,24)/t16-/m0/s1. The number of hydrogen-bond donors (Lipinski definition) is 3. The lowest BCUT2D eigenvalue weighted by atomic mass is 10.1. The third-order valence-corrected chi connectivity index (χ3v) is 3.92. The van der Waals surface area contributed by atoms with Gasteiger partial charge in [-0.05, 0) is 25.3 Å². The van der Waals surface area contributed by atoms with E-state index in [1.165, 1.54) is 0 Å². The second-order valence-corrected chi connectivity index (χ2v) is 6.33. The van der Waals surface area contributed by atoms with E-state index in [1.807, 2.05) is 30.3 Å². The van der Waals surface area contributed by atoms with E-state index in [2.05, 4.69) is 10.6 Å². The Bertz CT molecular complexity index is 665. The fourth-order valence-electron chi connectivity index (χ4n) is 2.43. The lowest BCUT2D eigenvalue weighted by molar-refractivity contribution is -0.145. The third-order valence-electron chi connectivity index (χ3n) is 3.92. The first-order valence-corrected chi connectivity index (χ1v) is 9.61. The Morgan fingerprint density at radius 2 is 1.76 bits per heavy atom. The fraction of sp³-hybridized carbons (Fsp3) is 0.500. The van der Waals surface area contributed by atoms with Crippen molar-refractivity contribution in [1.29, 1.82) is 0 Å². The summed E-state index contributed by atoms with van der Waals surface area (Å²) in [5, 5.41) is 5.09. The maximum Gasteiger partial charge on any atom is 0.407 e. The fourth-order valence-corrected chi connectivity index (χ4v) is 2.43. The van der Waals surface area contributed by atoms with Gasteiger partial charge < -0.3 is 25.8 Å². The molecule has 0 aliphatic rings. The van der Waals surface area contributed by atoms with Crippen molar-refractivity contribution in [1.82, 2.24) is 10.6 Å². The summed E-state index contributed by atoms with van der Waals surface area (Å²) in [6, 6.07) is 8.28. The molecule has 4 N–H and O–H groups in total. The predicted molar refractivity (Wildman–Crippen MR) is 105 cm³/mol. The van der Waals surface area contributed by atoms with E-state index in [-0.39, 0.29) is 32.0 Å². The van der Waals surface area contributed by atoms with Gasteiger partial charge in [-0.25, -0.2) is 4.79 Å². The average molecular weight is 407 g/mol.